The number of carbonyl (C=O) groups is 2. The summed E-state index contributed by atoms with van der Waals surface area (Å²) in [4.78, 5) is 26.4. The zero-order valence-electron chi connectivity index (χ0n) is 9.23. The Morgan fingerprint density at radius 2 is 2.17 bits per heavy atom. The zero-order valence-corrected chi connectivity index (χ0v) is 9.23. The fraction of sp³-hybridized carbons (Fsp3) is 0.0833. The highest BCUT2D eigenvalue weighted by atomic mass is 16.4. The van der Waals surface area contributed by atoms with Gasteiger partial charge in [-0.3, -0.25) is 4.79 Å². The first-order chi connectivity index (χ1) is 8.56. The highest BCUT2D eigenvalue weighted by Gasteiger charge is 2.20. The van der Waals surface area contributed by atoms with Crippen LogP contribution in [0.4, 0.5) is 5.69 Å². The molecule has 2 aromatic rings. The summed E-state index contributed by atoms with van der Waals surface area (Å²) >= 11 is 0. The van der Waals surface area contributed by atoms with Gasteiger partial charge in [-0.05, 0) is 23.8 Å². The van der Waals surface area contributed by atoms with E-state index in [1.54, 1.807) is 18.2 Å². The van der Waals surface area contributed by atoms with Crippen LogP contribution in [-0.4, -0.2) is 22.0 Å². The summed E-state index contributed by atoms with van der Waals surface area (Å²) in [7, 11) is 0. The largest absolute Gasteiger partial charge is 0.476 e. The number of fused-ring (bicyclic) bond motifs is 2. The maximum atomic E-state index is 11.5. The van der Waals surface area contributed by atoms with Gasteiger partial charge in [-0.1, -0.05) is 0 Å². The first-order valence-electron chi connectivity index (χ1n) is 5.31. The van der Waals surface area contributed by atoms with E-state index in [9.17, 15) is 9.59 Å². The van der Waals surface area contributed by atoms with Crippen LogP contribution in [-0.2, 0) is 6.54 Å². The maximum Gasteiger partial charge on any atom is 0.356 e. The lowest BCUT2D eigenvalue weighted by atomic mass is 10.1. The maximum absolute atomic E-state index is 11.5. The van der Waals surface area contributed by atoms with Crippen molar-refractivity contribution in [2.75, 3.05) is 5.73 Å². The summed E-state index contributed by atoms with van der Waals surface area (Å²) in [6.45, 7) is 0.477. The topological polar surface area (TPSA) is 105 Å². The molecular weight excluding hydrogens is 234 g/mol. The third-order valence-corrected chi connectivity index (χ3v) is 2.96. The van der Waals surface area contributed by atoms with E-state index in [1.165, 1.54) is 0 Å². The van der Waals surface area contributed by atoms with Crippen molar-refractivity contribution in [1.82, 2.24) is 10.3 Å². The molecule has 18 heavy (non-hydrogen) atoms. The Morgan fingerprint density at radius 3 is 2.89 bits per heavy atom. The van der Waals surface area contributed by atoms with E-state index < -0.39 is 5.97 Å². The minimum absolute atomic E-state index is 0.118. The van der Waals surface area contributed by atoms with Crippen LogP contribution in [0, 0.1) is 0 Å². The number of hydrogen-bond donors (Lipinski definition) is 3. The summed E-state index contributed by atoms with van der Waals surface area (Å²) in [6, 6.07) is 4.96. The number of nitrogens with one attached hydrogen (secondary N) is 1. The molecule has 0 unspecified atom stereocenters. The lowest BCUT2D eigenvalue weighted by Gasteiger charge is -2.05. The average molecular weight is 243 g/mol. The van der Waals surface area contributed by atoms with Gasteiger partial charge in [0, 0.05) is 17.5 Å². The van der Waals surface area contributed by atoms with Crippen LogP contribution in [0.15, 0.2) is 18.2 Å². The number of carboxylic acid groups (broad SMARTS) is 1. The number of carboxylic acids is 1. The second kappa shape index (κ2) is 3.43. The van der Waals surface area contributed by atoms with E-state index in [1.807, 2.05) is 0 Å². The lowest BCUT2D eigenvalue weighted by molar-refractivity contribution is 0.0692. The molecule has 1 aliphatic rings. The molecular formula is C12H9N3O3. The number of rotatable bonds is 1. The van der Waals surface area contributed by atoms with Gasteiger partial charge >= 0.3 is 5.97 Å². The first kappa shape index (κ1) is 10.5. The van der Waals surface area contributed by atoms with Crippen molar-refractivity contribution in [3.05, 3.63) is 35.0 Å². The highest BCUT2D eigenvalue weighted by Crippen LogP contribution is 2.25. The number of nitrogen functional groups attached to an aromatic ring is 1. The number of aromatic carboxylic acids is 1. The molecule has 0 fully saturated rings. The number of nitrogens with two attached hydrogens (primary N) is 1. The van der Waals surface area contributed by atoms with Crippen LogP contribution in [0.3, 0.4) is 0 Å². The standard InChI is InChI=1S/C12H9N3O3/c13-8-2-5-1-6-4-14-11(16)7(6)3-9(5)15-10(8)12(17)18/h1-3H,4,13H2,(H,14,16)(H,17,18). The van der Waals surface area contributed by atoms with Crippen LogP contribution in [0.2, 0.25) is 0 Å². The molecule has 0 saturated heterocycles. The molecule has 0 spiro atoms. The molecule has 4 N–H and O–H groups in total. The molecule has 0 radical (unpaired) electrons. The number of nitrogens with zero attached hydrogens (tertiary/aromatic N) is 1. The Kier molecular flexibility index (Phi) is 2.00. The number of pyridine rings is 1. The van der Waals surface area contributed by atoms with Gasteiger partial charge in [0.1, 0.15) is 0 Å². The normalized spacial score (nSPS) is 13.4. The smallest absolute Gasteiger partial charge is 0.356 e. The minimum Gasteiger partial charge on any atom is -0.476 e. The summed E-state index contributed by atoms with van der Waals surface area (Å²) < 4.78 is 0. The lowest BCUT2D eigenvalue weighted by Crippen LogP contribution is -2.12. The van der Waals surface area contributed by atoms with Crippen LogP contribution in [0.25, 0.3) is 10.9 Å². The monoisotopic (exact) mass is 243 g/mol. The average Bonchev–Trinajstić information content (AvgIpc) is 2.67. The van der Waals surface area contributed by atoms with E-state index in [0.717, 1.165) is 10.9 Å². The van der Waals surface area contributed by atoms with Gasteiger partial charge in [0.25, 0.3) is 5.91 Å². The molecule has 6 nitrogen and oxygen atoms in total. The van der Waals surface area contributed by atoms with Gasteiger partial charge in [0.05, 0.1) is 11.2 Å². The van der Waals surface area contributed by atoms with Crippen molar-refractivity contribution in [3.8, 4) is 0 Å². The van der Waals surface area contributed by atoms with E-state index in [0.29, 0.717) is 17.6 Å². The molecule has 1 aliphatic heterocycles. The van der Waals surface area contributed by atoms with Crippen LogP contribution in [0.5, 0.6) is 0 Å². The van der Waals surface area contributed by atoms with Crippen molar-refractivity contribution < 1.29 is 14.7 Å². The first-order valence-corrected chi connectivity index (χ1v) is 5.31. The van der Waals surface area contributed by atoms with Crippen LogP contribution >= 0.6 is 0 Å². The van der Waals surface area contributed by atoms with Gasteiger partial charge in [-0.25, -0.2) is 9.78 Å². The van der Waals surface area contributed by atoms with Gasteiger partial charge in [0.2, 0.25) is 0 Å². The van der Waals surface area contributed by atoms with E-state index >= 15 is 0 Å². The van der Waals surface area contributed by atoms with E-state index in [4.69, 9.17) is 10.8 Å². The molecule has 0 bridgehead atoms. The fourth-order valence-electron chi connectivity index (χ4n) is 2.09. The quantitative estimate of drug-likeness (QED) is 0.685. The Hall–Kier alpha value is -2.63. The molecule has 2 heterocycles. The fourth-order valence-corrected chi connectivity index (χ4v) is 2.09. The summed E-state index contributed by atoms with van der Waals surface area (Å²) in [5.74, 6) is -1.35. The molecule has 1 amide bonds. The number of carbonyl (C=O) groups excluding carboxylic acids is 1. The highest BCUT2D eigenvalue weighted by molar-refractivity contribution is 6.03. The summed E-state index contributed by atoms with van der Waals surface area (Å²) in [5.41, 5.74) is 7.42. The second-order valence-corrected chi connectivity index (χ2v) is 4.12. The molecule has 1 aromatic carbocycles. The number of hydrogen-bond acceptors (Lipinski definition) is 4. The van der Waals surface area contributed by atoms with Crippen molar-refractivity contribution in [1.29, 1.82) is 0 Å². The zero-order chi connectivity index (χ0) is 12.9. The van der Waals surface area contributed by atoms with Gasteiger partial charge in [-0.15, -0.1) is 0 Å². The molecule has 3 rings (SSSR count). The van der Waals surface area contributed by atoms with Gasteiger partial charge in [0.15, 0.2) is 5.69 Å². The predicted octanol–water partition coefficient (Wildman–Crippen LogP) is 0.759. The Bertz CT molecular complexity index is 699. The number of aromatic nitrogens is 1. The Labute approximate surface area is 101 Å². The Balaban J connectivity index is 2.31. The molecule has 90 valence electrons. The molecule has 0 atom stereocenters. The predicted molar refractivity (Wildman–Crippen MR) is 64.3 cm³/mol. The molecule has 6 heteroatoms. The van der Waals surface area contributed by atoms with Gasteiger partial charge in [-0.2, -0.15) is 0 Å². The Morgan fingerprint density at radius 1 is 1.39 bits per heavy atom. The molecule has 0 saturated carbocycles. The third kappa shape index (κ3) is 1.39. The van der Waals surface area contributed by atoms with Crippen molar-refractivity contribution in [2.45, 2.75) is 6.54 Å². The van der Waals surface area contributed by atoms with Crippen molar-refractivity contribution in [3.63, 3.8) is 0 Å². The molecule has 0 aliphatic carbocycles. The van der Waals surface area contributed by atoms with E-state index in [2.05, 4.69) is 10.3 Å². The van der Waals surface area contributed by atoms with Crippen LogP contribution < -0.4 is 11.1 Å². The number of benzene rings is 1. The SMILES string of the molecule is Nc1cc2cc3c(cc2nc1C(=O)O)C(=O)NC3. The third-order valence-electron chi connectivity index (χ3n) is 2.96. The van der Waals surface area contributed by atoms with E-state index in [-0.39, 0.29) is 17.3 Å². The summed E-state index contributed by atoms with van der Waals surface area (Å²) in [6.07, 6.45) is 0. The van der Waals surface area contributed by atoms with Crippen LogP contribution in [0.1, 0.15) is 26.4 Å². The summed E-state index contributed by atoms with van der Waals surface area (Å²) in [5, 5.41) is 12.4. The van der Waals surface area contributed by atoms with Gasteiger partial charge < -0.3 is 16.2 Å². The van der Waals surface area contributed by atoms with Crippen molar-refractivity contribution in [2.24, 2.45) is 0 Å². The molecule has 1 aromatic heterocycles. The number of amides is 1. The minimum atomic E-state index is -1.18. The second-order valence-electron chi connectivity index (χ2n) is 4.12. The van der Waals surface area contributed by atoms with Crippen molar-refractivity contribution >= 4 is 28.5 Å². The number of anilines is 1.